The summed E-state index contributed by atoms with van der Waals surface area (Å²) in [7, 11) is 1.53. The Hall–Kier alpha value is -3.33. The van der Waals surface area contributed by atoms with Crippen molar-refractivity contribution in [2.24, 2.45) is 0 Å². The van der Waals surface area contributed by atoms with Gasteiger partial charge in [0.2, 0.25) is 5.91 Å². The number of halogens is 2. The molecule has 0 unspecified atom stereocenters. The second kappa shape index (κ2) is 7.83. The van der Waals surface area contributed by atoms with Crippen LogP contribution in [0.2, 0.25) is 0 Å². The molecule has 0 aliphatic rings. The Balaban J connectivity index is 1.51. The number of nitrogens with zero attached hydrogens (tertiary/aromatic N) is 1. The molecule has 2 aromatic carbocycles. The molecule has 0 bridgehead atoms. The number of carbonyl (C=O) groups excluding carboxylic acids is 1. The predicted molar refractivity (Wildman–Crippen MR) is 110 cm³/mol. The van der Waals surface area contributed by atoms with E-state index in [1.165, 1.54) is 7.11 Å². The second-order valence-electron chi connectivity index (χ2n) is 6.66. The summed E-state index contributed by atoms with van der Waals surface area (Å²) in [6.45, 7) is 1.80. The van der Waals surface area contributed by atoms with Crippen LogP contribution in [0.15, 0.2) is 39.5 Å². The van der Waals surface area contributed by atoms with Gasteiger partial charge in [-0.3, -0.25) is 4.79 Å². The summed E-state index contributed by atoms with van der Waals surface area (Å²) in [6.07, 6.45) is 0.196. The third-order valence-electron chi connectivity index (χ3n) is 4.77. The van der Waals surface area contributed by atoms with Gasteiger partial charge in [0.05, 0.1) is 17.3 Å². The standard InChI is InChI=1S/C21H16F2N2O4S/c1-10-12-4-3-11(28-2)7-17(12)29-20(27)13(10)5-6-19(26)25-21-24-16-8-14(22)15(23)9-18(16)30-21/h3-4,7-9H,5-6H2,1-2H3,(H,24,25,26). The highest BCUT2D eigenvalue weighted by molar-refractivity contribution is 7.22. The van der Waals surface area contributed by atoms with Gasteiger partial charge in [-0.05, 0) is 37.1 Å². The Bertz CT molecular complexity index is 1310. The minimum atomic E-state index is -0.998. The number of methoxy groups -OCH3 is 1. The lowest BCUT2D eigenvalue weighted by atomic mass is 10.0. The highest BCUT2D eigenvalue weighted by Gasteiger charge is 2.15. The fourth-order valence-electron chi connectivity index (χ4n) is 3.19. The van der Waals surface area contributed by atoms with Crippen LogP contribution in [0.3, 0.4) is 0 Å². The number of hydrogen-bond acceptors (Lipinski definition) is 6. The molecule has 0 radical (unpaired) electrons. The van der Waals surface area contributed by atoms with E-state index in [-0.39, 0.29) is 29.4 Å². The molecule has 0 saturated carbocycles. The molecule has 9 heteroatoms. The van der Waals surface area contributed by atoms with E-state index in [0.717, 1.165) is 34.4 Å². The number of nitrogens with one attached hydrogen (secondary N) is 1. The maximum Gasteiger partial charge on any atom is 0.339 e. The Morgan fingerprint density at radius 3 is 2.77 bits per heavy atom. The first-order chi connectivity index (χ1) is 14.4. The zero-order valence-corrected chi connectivity index (χ0v) is 16.9. The number of ether oxygens (including phenoxy) is 1. The van der Waals surface area contributed by atoms with Crippen molar-refractivity contribution in [2.45, 2.75) is 19.8 Å². The number of thiazole rings is 1. The van der Waals surface area contributed by atoms with E-state index >= 15 is 0 Å². The minimum Gasteiger partial charge on any atom is -0.497 e. The molecule has 0 aliphatic heterocycles. The normalized spacial score (nSPS) is 11.2. The van der Waals surface area contributed by atoms with Gasteiger partial charge in [-0.2, -0.15) is 0 Å². The molecule has 1 N–H and O–H groups in total. The van der Waals surface area contributed by atoms with Gasteiger partial charge in [-0.25, -0.2) is 18.6 Å². The van der Waals surface area contributed by atoms with E-state index in [0.29, 0.717) is 21.6 Å². The lowest BCUT2D eigenvalue weighted by Gasteiger charge is -2.08. The zero-order valence-electron chi connectivity index (χ0n) is 16.0. The third kappa shape index (κ3) is 3.76. The van der Waals surface area contributed by atoms with Crippen LogP contribution in [0.25, 0.3) is 21.2 Å². The first kappa shape index (κ1) is 20.0. The van der Waals surface area contributed by atoms with Crippen LogP contribution in [0.1, 0.15) is 17.5 Å². The van der Waals surface area contributed by atoms with E-state index in [2.05, 4.69) is 10.3 Å². The fourth-order valence-corrected chi connectivity index (χ4v) is 4.08. The van der Waals surface area contributed by atoms with Crippen molar-refractivity contribution in [1.29, 1.82) is 0 Å². The summed E-state index contributed by atoms with van der Waals surface area (Å²) in [5, 5.41) is 3.60. The second-order valence-corrected chi connectivity index (χ2v) is 7.69. The third-order valence-corrected chi connectivity index (χ3v) is 5.71. The van der Waals surface area contributed by atoms with Gasteiger partial charge in [-0.1, -0.05) is 11.3 Å². The molecule has 6 nitrogen and oxygen atoms in total. The largest absolute Gasteiger partial charge is 0.497 e. The van der Waals surface area contributed by atoms with Crippen LogP contribution in [-0.2, 0) is 11.2 Å². The van der Waals surface area contributed by atoms with Crippen LogP contribution in [0, 0.1) is 18.6 Å². The number of aryl methyl sites for hydroxylation is 1. The summed E-state index contributed by atoms with van der Waals surface area (Å²) in [5.74, 6) is -1.77. The number of benzene rings is 2. The monoisotopic (exact) mass is 430 g/mol. The maximum absolute atomic E-state index is 13.3. The van der Waals surface area contributed by atoms with Crippen LogP contribution in [-0.4, -0.2) is 18.0 Å². The molecule has 2 aromatic heterocycles. The molecule has 0 atom stereocenters. The molecule has 1 amide bonds. The van der Waals surface area contributed by atoms with Gasteiger partial charge in [0.25, 0.3) is 0 Å². The number of carbonyl (C=O) groups is 1. The summed E-state index contributed by atoms with van der Waals surface area (Å²) in [4.78, 5) is 28.8. The fraction of sp³-hybridized carbons (Fsp3) is 0.190. The summed E-state index contributed by atoms with van der Waals surface area (Å²) < 4.78 is 37.6. The Morgan fingerprint density at radius 2 is 2.00 bits per heavy atom. The number of rotatable bonds is 5. The molecule has 154 valence electrons. The number of hydrogen-bond donors (Lipinski definition) is 1. The summed E-state index contributed by atoms with van der Waals surface area (Å²) in [6, 6.07) is 7.23. The van der Waals surface area contributed by atoms with Crippen molar-refractivity contribution in [1.82, 2.24) is 4.98 Å². The molecular weight excluding hydrogens is 414 g/mol. The van der Waals surface area contributed by atoms with E-state index in [4.69, 9.17) is 9.15 Å². The molecule has 0 aliphatic carbocycles. The average Bonchev–Trinajstić information content (AvgIpc) is 3.08. The first-order valence-electron chi connectivity index (χ1n) is 9.01. The van der Waals surface area contributed by atoms with E-state index in [1.807, 2.05) is 0 Å². The molecule has 30 heavy (non-hydrogen) atoms. The van der Waals surface area contributed by atoms with Gasteiger partial charge in [0, 0.05) is 29.5 Å². The Kier molecular flexibility index (Phi) is 5.21. The van der Waals surface area contributed by atoms with Crippen molar-refractivity contribution in [3.8, 4) is 5.75 Å². The molecule has 0 fully saturated rings. The van der Waals surface area contributed by atoms with Gasteiger partial charge >= 0.3 is 5.63 Å². The van der Waals surface area contributed by atoms with Gasteiger partial charge < -0.3 is 14.5 Å². The van der Waals surface area contributed by atoms with Crippen LogP contribution in [0.4, 0.5) is 13.9 Å². The maximum atomic E-state index is 13.3. The minimum absolute atomic E-state index is 0.0198. The SMILES string of the molecule is COc1ccc2c(C)c(CCC(=O)Nc3nc4cc(F)c(F)cc4s3)c(=O)oc2c1. The lowest BCUT2D eigenvalue weighted by molar-refractivity contribution is -0.116. The van der Waals surface area contributed by atoms with Gasteiger partial charge in [0.1, 0.15) is 11.3 Å². The van der Waals surface area contributed by atoms with Gasteiger partial charge in [0.15, 0.2) is 16.8 Å². The number of aromatic nitrogens is 1. The quantitative estimate of drug-likeness (QED) is 0.469. The summed E-state index contributed by atoms with van der Waals surface area (Å²) >= 11 is 1.04. The first-order valence-corrected chi connectivity index (χ1v) is 9.83. The van der Waals surface area contributed by atoms with Crippen molar-refractivity contribution < 1.29 is 22.7 Å². The molecule has 0 saturated heterocycles. The highest BCUT2D eigenvalue weighted by Crippen LogP contribution is 2.28. The van der Waals surface area contributed by atoms with Crippen molar-refractivity contribution in [2.75, 3.05) is 12.4 Å². The summed E-state index contributed by atoms with van der Waals surface area (Å²) in [5.41, 5.74) is 1.32. The van der Waals surface area contributed by atoms with E-state index in [1.54, 1.807) is 25.1 Å². The topological polar surface area (TPSA) is 81.4 Å². The van der Waals surface area contributed by atoms with Crippen LogP contribution >= 0.6 is 11.3 Å². The molecule has 0 spiro atoms. The van der Waals surface area contributed by atoms with Crippen molar-refractivity contribution in [3.63, 3.8) is 0 Å². The predicted octanol–water partition coefficient (Wildman–Crippen LogP) is 4.57. The van der Waals surface area contributed by atoms with Crippen molar-refractivity contribution >= 4 is 43.6 Å². The van der Waals surface area contributed by atoms with Gasteiger partial charge in [-0.15, -0.1) is 0 Å². The van der Waals surface area contributed by atoms with Crippen LogP contribution in [0.5, 0.6) is 5.75 Å². The lowest BCUT2D eigenvalue weighted by Crippen LogP contribution is -2.16. The Morgan fingerprint density at radius 1 is 1.23 bits per heavy atom. The molecule has 2 heterocycles. The highest BCUT2D eigenvalue weighted by atomic mass is 32.1. The average molecular weight is 430 g/mol. The van der Waals surface area contributed by atoms with Crippen molar-refractivity contribution in [3.05, 3.63) is 63.5 Å². The number of anilines is 1. The number of amides is 1. The smallest absolute Gasteiger partial charge is 0.339 e. The molecule has 4 rings (SSSR count). The van der Waals surface area contributed by atoms with E-state index < -0.39 is 17.3 Å². The Labute approximate surface area is 173 Å². The molecular formula is C21H16F2N2O4S. The molecule has 4 aromatic rings. The number of fused-ring (bicyclic) bond motifs is 2. The zero-order chi connectivity index (χ0) is 21.4. The van der Waals surface area contributed by atoms with Crippen LogP contribution < -0.4 is 15.7 Å². The van der Waals surface area contributed by atoms with E-state index in [9.17, 15) is 18.4 Å².